The van der Waals surface area contributed by atoms with E-state index in [1.165, 1.54) is 19.0 Å². The first-order valence-corrected chi connectivity index (χ1v) is 10.9. The Labute approximate surface area is 188 Å². The average Bonchev–Trinajstić information content (AvgIpc) is 3.59. The number of carbonyl (C=O) groups is 1. The third kappa shape index (κ3) is 5.28. The molecular weight excluding hydrogens is 439 g/mol. The van der Waals surface area contributed by atoms with E-state index in [9.17, 15) is 22.8 Å². The Morgan fingerprint density at radius 3 is 2.39 bits per heavy atom. The van der Waals surface area contributed by atoms with Crippen molar-refractivity contribution in [1.29, 1.82) is 0 Å². The maximum Gasteiger partial charge on any atom is 0.421 e. The number of aromatic amines is 1. The fraction of sp³-hybridized carbons (Fsp3) is 0.545. The van der Waals surface area contributed by atoms with Crippen molar-refractivity contribution < 1.29 is 22.7 Å². The molecule has 4 rings (SSSR count). The molecule has 2 fully saturated rings. The molecule has 2 aromatic heterocycles. The van der Waals surface area contributed by atoms with E-state index in [1.807, 2.05) is 31.1 Å². The van der Waals surface area contributed by atoms with Crippen LogP contribution in [0.25, 0.3) is 0 Å². The molecule has 2 aromatic rings. The van der Waals surface area contributed by atoms with E-state index in [2.05, 4.69) is 15.0 Å². The molecule has 178 valence electrons. The van der Waals surface area contributed by atoms with E-state index >= 15 is 0 Å². The fourth-order valence-corrected chi connectivity index (χ4v) is 4.18. The van der Waals surface area contributed by atoms with Gasteiger partial charge in [-0.3, -0.25) is 9.69 Å². The molecule has 8 nitrogen and oxygen atoms in total. The van der Waals surface area contributed by atoms with Crippen LogP contribution < -0.4 is 10.5 Å². The van der Waals surface area contributed by atoms with E-state index in [4.69, 9.17) is 4.74 Å². The minimum absolute atomic E-state index is 0.0511. The molecular formula is C22H26F3N5O3. The predicted molar refractivity (Wildman–Crippen MR) is 114 cm³/mol. The standard InChI is InChI=1S/C22H26F3N5O3/c1-13-11-29(20-27-9-17(10-28-20)16-3-4-16)12-14(2)30(13)21(32)33-6-5-15-7-18(22(23,24)25)19(31)26-8-15/h7-10,13-14,16H,3-6,11-12H2,1-2H3,(H,26,31)/t13-,14-/m1/s1. The van der Waals surface area contributed by atoms with E-state index < -0.39 is 23.4 Å². The number of nitrogens with one attached hydrogen (secondary N) is 1. The minimum Gasteiger partial charge on any atom is -0.449 e. The summed E-state index contributed by atoms with van der Waals surface area (Å²) in [7, 11) is 0. The van der Waals surface area contributed by atoms with Gasteiger partial charge in [0.15, 0.2) is 0 Å². The number of anilines is 1. The van der Waals surface area contributed by atoms with E-state index in [1.54, 1.807) is 4.90 Å². The molecule has 0 spiro atoms. The molecule has 1 aliphatic heterocycles. The molecule has 0 radical (unpaired) electrons. The summed E-state index contributed by atoms with van der Waals surface area (Å²) in [5.74, 6) is 1.21. The molecule has 1 saturated heterocycles. The molecule has 11 heteroatoms. The van der Waals surface area contributed by atoms with Crippen molar-refractivity contribution in [3.05, 3.63) is 51.7 Å². The summed E-state index contributed by atoms with van der Waals surface area (Å²) in [6, 6.07) is 0.446. The summed E-state index contributed by atoms with van der Waals surface area (Å²) in [6.45, 7) is 4.78. The van der Waals surface area contributed by atoms with Gasteiger partial charge in [0.05, 0.1) is 18.7 Å². The normalized spacial score (nSPS) is 21.2. The van der Waals surface area contributed by atoms with Gasteiger partial charge in [-0.1, -0.05) is 0 Å². The van der Waals surface area contributed by atoms with Crippen LogP contribution in [-0.4, -0.2) is 57.7 Å². The number of H-pyrrole nitrogens is 1. The summed E-state index contributed by atoms with van der Waals surface area (Å²) in [5, 5.41) is 0. The van der Waals surface area contributed by atoms with Crippen LogP contribution in [0.3, 0.4) is 0 Å². The maximum atomic E-state index is 12.9. The lowest BCUT2D eigenvalue weighted by Crippen LogP contribution is -2.59. The highest BCUT2D eigenvalue weighted by Gasteiger charge is 2.36. The van der Waals surface area contributed by atoms with Gasteiger partial charge < -0.3 is 14.6 Å². The number of pyridine rings is 1. The summed E-state index contributed by atoms with van der Waals surface area (Å²) < 4.78 is 44.0. The van der Waals surface area contributed by atoms with Gasteiger partial charge in [0.2, 0.25) is 5.95 Å². The van der Waals surface area contributed by atoms with Crippen molar-refractivity contribution in [1.82, 2.24) is 19.9 Å². The first-order chi connectivity index (χ1) is 15.6. The van der Waals surface area contributed by atoms with Gasteiger partial charge in [0.1, 0.15) is 5.56 Å². The Morgan fingerprint density at radius 1 is 1.18 bits per heavy atom. The second kappa shape index (κ2) is 9.03. The van der Waals surface area contributed by atoms with Crippen LogP contribution in [-0.2, 0) is 17.3 Å². The van der Waals surface area contributed by atoms with Crippen LogP contribution in [0.2, 0.25) is 0 Å². The topological polar surface area (TPSA) is 91.4 Å². The molecule has 1 aliphatic carbocycles. The largest absolute Gasteiger partial charge is 0.449 e. The second-order valence-electron chi connectivity index (χ2n) is 8.71. The Bertz CT molecular complexity index is 1040. The van der Waals surface area contributed by atoms with Crippen LogP contribution in [0.15, 0.2) is 29.5 Å². The molecule has 33 heavy (non-hydrogen) atoms. The Balaban J connectivity index is 1.32. The van der Waals surface area contributed by atoms with Gasteiger partial charge in [-0.15, -0.1) is 0 Å². The first kappa shape index (κ1) is 23.1. The third-order valence-electron chi connectivity index (χ3n) is 6.00. The molecule has 0 unspecified atom stereocenters. The number of rotatable bonds is 5. The van der Waals surface area contributed by atoms with E-state index in [0.717, 1.165) is 11.6 Å². The Hall–Kier alpha value is -3.11. The summed E-state index contributed by atoms with van der Waals surface area (Å²) in [4.78, 5) is 38.8. The SMILES string of the molecule is C[C@@H]1CN(c2ncc(C3CC3)cn2)C[C@@H](C)N1C(=O)OCCc1c[nH]c(=O)c(C(F)(F)F)c1. The van der Waals surface area contributed by atoms with Gasteiger partial charge in [-0.25, -0.2) is 14.8 Å². The lowest BCUT2D eigenvalue weighted by atomic mass is 10.1. The monoisotopic (exact) mass is 465 g/mol. The third-order valence-corrected chi connectivity index (χ3v) is 6.00. The quantitative estimate of drug-likeness (QED) is 0.728. The summed E-state index contributed by atoms with van der Waals surface area (Å²) in [6.07, 6.45) is 2.09. The van der Waals surface area contributed by atoms with Crippen LogP contribution in [0.5, 0.6) is 0 Å². The number of piperazine rings is 1. The van der Waals surface area contributed by atoms with Gasteiger partial charge in [0.25, 0.3) is 5.56 Å². The Morgan fingerprint density at radius 2 is 1.82 bits per heavy atom. The minimum atomic E-state index is -4.74. The maximum absolute atomic E-state index is 12.9. The van der Waals surface area contributed by atoms with Crippen LogP contribution in [0.4, 0.5) is 23.9 Å². The van der Waals surface area contributed by atoms with Crippen LogP contribution in [0, 0.1) is 0 Å². The van der Waals surface area contributed by atoms with Crippen LogP contribution in [0.1, 0.15) is 49.3 Å². The lowest BCUT2D eigenvalue weighted by molar-refractivity contribution is -0.138. The van der Waals surface area contributed by atoms with E-state index in [0.29, 0.717) is 25.0 Å². The lowest BCUT2D eigenvalue weighted by Gasteiger charge is -2.43. The van der Waals surface area contributed by atoms with Crippen molar-refractivity contribution in [2.75, 3.05) is 24.6 Å². The molecule has 1 saturated carbocycles. The predicted octanol–water partition coefficient (Wildman–Crippen LogP) is 3.34. The number of alkyl halides is 3. The van der Waals surface area contributed by atoms with Crippen molar-refractivity contribution in [3.8, 4) is 0 Å². The highest BCUT2D eigenvalue weighted by molar-refractivity contribution is 5.69. The summed E-state index contributed by atoms with van der Waals surface area (Å²) in [5.41, 5.74) is -1.08. The first-order valence-electron chi connectivity index (χ1n) is 10.9. The number of ether oxygens (including phenoxy) is 1. The van der Waals surface area contributed by atoms with Gasteiger partial charge in [0, 0.05) is 38.1 Å². The number of hydrogen-bond acceptors (Lipinski definition) is 6. The number of aromatic nitrogens is 3. The van der Waals surface area contributed by atoms with Crippen molar-refractivity contribution in [2.24, 2.45) is 0 Å². The number of hydrogen-bond donors (Lipinski definition) is 1. The van der Waals surface area contributed by atoms with Gasteiger partial charge >= 0.3 is 12.3 Å². The van der Waals surface area contributed by atoms with Crippen molar-refractivity contribution >= 4 is 12.0 Å². The molecule has 0 aromatic carbocycles. The van der Waals surface area contributed by atoms with Gasteiger partial charge in [-0.05, 0) is 49.8 Å². The zero-order chi connectivity index (χ0) is 23.8. The highest BCUT2D eigenvalue weighted by Crippen LogP contribution is 2.39. The zero-order valence-corrected chi connectivity index (χ0v) is 18.4. The van der Waals surface area contributed by atoms with Crippen molar-refractivity contribution in [2.45, 2.75) is 57.3 Å². The zero-order valence-electron chi connectivity index (χ0n) is 18.4. The van der Waals surface area contributed by atoms with E-state index in [-0.39, 0.29) is 30.7 Å². The fourth-order valence-electron chi connectivity index (χ4n) is 4.18. The summed E-state index contributed by atoms with van der Waals surface area (Å²) >= 11 is 0. The van der Waals surface area contributed by atoms with Crippen molar-refractivity contribution in [3.63, 3.8) is 0 Å². The molecule has 1 N–H and O–H groups in total. The van der Waals surface area contributed by atoms with Gasteiger partial charge in [-0.2, -0.15) is 13.2 Å². The molecule has 2 atom stereocenters. The number of carbonyl (C=O) groups excluding carboxylic acids is 1. The molecule has 0 bridgehead atoms. The Kier molecular flexibility index (Phi) is 6.31. The molecule has 2 aliphatic rings. The second-order valence-corrected chi connectivity index (χ2v) is 8.71. The smallest absolute Gasteiger partial charge is 0.421 e. The van der Waals surface area contributed by atoms with Crippen LogP contribution >= 0.6 is 0 Å². The highest BCUT2D eigenvalue weighted by atomic mass is 19.4. The number of halogens is 3. The molecule has 1 amide bonds. The molecule has 3 heterocycles. The number of amides is 1. The average molecular weight is 465 g/mol. The number of nitrogens with zero attached hydrogens (tertiary/aromatic N) is 4.